The molecule has 3 unspecified atom stereocenters. The van der Waals surface area contributed by atoms with E-state index < -0.39 is 99.3 Å². The van der Waals surface area contributed by atoms with Gasteiger partial charge in [0.05, 0.1) is 19.8 Å². The van der Waals surface area contributed by atoms with Gasteiger partial charge in [-0.2, -0.15) is 0 Å². The predicted molar refractivity (Wildman–Crippen MR) is 243 cm³/mol. The van der Waals surface area contributed by atoms with Gasteiger partial charge in [0.15, 0.2) is 18.7 Å². The van der Waals surface area contributed by atoms with E-state index in [1.165, 1.54) is 103 Å². The lowest BCUT2D eigenvalue weighted by molar-refractivity contribution is -0.361. The minimum absolute atomic E-state index is 0.162. The number of aliphatic hydroxyl groups excluding tert-OH is 7. The van der Waals surface area contributed by atoms with Gasteiger partial charge >= 0.3 is 11.9 Å². The zero-order valence-electron chi connectivity index (χ0n) is 40.1. The van der Waals surface area contributed by atoms with Gasteiger partial charge in [-0.15, -0.1) is 0 Å². The lowest BCUT2D eigenvalue weighted by Gasteiger charge is -2.46. The molecule has 0 saturated carbocycles. The average Bonchev–Trinajstić information content (AvgIpc) is 3.29. The number of unbranched alkanes of at least 4 members (excludes halogenated alkanes) is 18. The van der Waals surface area contributed by atoms with Crippen molar-refractivity contribution in [3.05, 3.63) is 0 Å². The molecule has 13 atom stereocenters. The number of carbonyl (C=O) groups excluding carboxylic acids is 2. The van der Waals surface area contributed by atoms with Crippen LogP contribution in [0.2, 0.25) is 0 Å². The number of ether oxygens (including phenoxy) is 6. The van der Waals surface area contributed by atoms with Gasteiger partial charge in [0.2, 0.25) is 0 Å². The van der Waals surface area contributed by atoms with Gasteiger partial charge in [0.25, 0.3) is 0 Å². The molecule has 0 radical (unpaired) electrons. The number of carbonyl (C=O) groups is 2. The maximum Gasteiger partial charge on any atom is 0.306 e. The monoisotopic (exact) mass is 921 g/mol. The fourth-order valence-electron chi connectivity index (χ4n) is 8.27. The summed E-state index contributed by atoms with van der Waals surface area (Å²) in [6.07, 6.45) is 10.8. The Morgan fingerprint density at radius 1 is 0.500 bits per heavy atom. The molecule has 2 aliphatic rings. The first kappa shape index (κ1) is 58.6. The van der Waals surface area contributed by atoms with E-state index in [0.717, 1.165) is 50.4 Å². The van der Waals surface area contributed by atoms with Crippen LogP contribution in [-0.4, -0.2) is 142 Å². The van der Waals surface area contributed by atoms with Crippen LogP contribution in [0.5, 0.6) is 0 Å². The highest BCUT2D eigenvalue weighted by Crippen LogP contribution is 2.30. The van der Waals surface area contributed by atoms with Crippen LogP contribution in [0.1, 0.15) is 195 Å². The number of hydrogen-bond donors (Lipinski definition) is 7. The Morgan fingerprint density at radius 3 is 1.39 bits per heavy atom. The molecule has 64 heavy (non-hydrogen) atoms. The van der Waals surface area contributed by atoms with Crippen LogP contribution in [0.25, 0.3) is 0 Å². The van der Waals surface area contributed by atoms with Crippen molar-refractivity contribution in [3.8, 4) is 0 Å². The number of hydrogen-bond acceptors (Lipinski definition) is 15. The van der Waals surface area contributed by atoms with Crippen molar-refractivity contribution in [1.82, 2.24) is 0 Å². The second kappa shape index (κ2) is 35.6. The van der Waals surface area contributed by atoms with E-state index >= 15 is 0 Å². The smallest absolute Gasteiger partial charge is 0.306 e. The third-order valence-corrected chi connectivity index (χ3v) is 13.2. The topological polar surface area (TPSA) is 231 Å². The van der Waals surface area contributed by atoms with Crippen LogP contribution in [0.4, 0.5) is 0 Å². The zero-order chi connectivity index (χ0) is 47.1. The number of esters is 2. The van der Waals surface area contributed by atoms with Crippen molar-refractivity contribution < 1.29 is 73.8 Å². The summed E-state index contributed by atoms with van der Waals surface area (Å²) < 4.78 is 33.8. The second-order valence-electron chi connectivity index (χ2n) is 18.8. The molecule has 15 nitrogen and oxygen atoms in total. The first-order chi connectivity index (χ1) is 30.9. The molecule has 378 valence electrons. The van der Waals surface area contributed by atoms with E-state index in [1.807, 2.05) is 0 Å². The van der Waals surface area contributed by atoms with Crippen LogP contribution in [-0.2, 0) is 38.0 Å². The van der Waals surface area contributed by atoms with E-state index in [-0.39, 0.29) is 19.4 Å². The molecule has 2 fully saturated rings. The molecule has 0 spiro atoms. The highest BCUT2D eigenvalue weighted by Gasteiger charge is 2.51. The van der Waals surface area contributed by atoms with Gasteiger partial charge in [-0.3, -0.25) is 9.59 Å². The Morgan fingerprint density at radius 2 is 0.922 bits per heavy atom. The summed E-state index contributed by atoms with van der Waals surface area (Å²) in [4.78, 5) is 25.8. The summed E-state index contributed by atoms with van der Waals surface area (Å²) in [5, 5.41) is 72.6. The number of aliphatic hydroxyl groups is 7. The van der Waals surface area contributed by atoms with E-state index in [1.54, 1.807) is 0 Å². The Bertz CT molecular complexity index is 1160. The molecule has 0 aromatic carbocycles. The molecule has 7 N–H and O–H groups in total. The van der Waals surface area contributed by atoms with Gasteiger partial charge in [-0.1, -0.05) is 169 Å². The Hall–Kier alpha value is -1.50. The third-order valence-electron chi connectivity index (χ3n) is 13.2. The molecule has 0 bridgehead atoms. The fourth-order valence-corrected chi connectivity index (χ4v) is 8.27. The second-order valence-corrected chi connectivity index (χ2v) is 18.8. The number of rotatable bonds is 38. The molecule has 2 heterocycles. The first-order valence-electron chi connectivity index (χ1n) is 25.4. The largest absolute Gasteiger partial charge is 0.462 e. The molecule has 0 aromatic rings. The maximum absolute atomic E-state index is 13.0. The summed E-state index contributed by atoms with van der Waals surface area (Å²) in [5.41, 5.74) is 0. The Labute approximate surface area is 385 Å². The average molecular weight is 921 g/mol. The summed E-state index contributed by atoms with van der Waals surface area (Å²) in [6.45, 7) is 6.99. The van der Waals surface area contributed by atoms with Crippen LogP contribution >= 0.6 is 0 Å². The van der Waals surface area contributed by atoms with Crippen molar-refractivity contribution in [3.63, 3.8) is 0 Å². The van der Waals surface area contributed by atoms with Gasteiger partial charge in [0.1, 0.15) is 55.4 Å². The maximum atomic E-state index is 13.0. The molecule has 2 saturated heterocycles. The SMILES string of the molecule is CCC(C)CCCCCCCCCCCCC(=O)OCC(CO[C@H]1O[C@H](CO)[C@@H](O)[C@H](O[C@H]2O[C@H](CO)[C@@H](O)[C@H](O)[C@H]2O)[C@@H]1O)OC(=O)CCCCCCCCCCCCC(C)CC. The van der Waals surface area contributed by atoms with Crippen LogP contribution in [0.3, 0.4) is 0 Å². The fraction of sp³-hybridized carbons (Fsp3) is 0.959. The lowest BCUT2D eigenvalue weighted by Crippen LogP contribution is -2.65. The first-order valence-corrected chi connectivity index (χ1v) is 25.4. The third kappa shape index (κ3) is 24.0. The summed E-state index contributed by atoms with van der Waals surface area (Å²) >= 11 is 0. The van der Waals surface area contributed by atoms with Crippen molar-refractivity contribution in [2.75, 3.05) is 26.4 Å². The quantitative estimate of drug-likeness (QED) is 0.0258. The molecule has 15 heteroatoms. The normalized spacial score (nSPS) is 27.5. The van der Waals surface area contributed by atoms with Gasteiger partial charge in [-0.25, -0.2) is 0 Å². The zero-order valence-corrected chi connectivity index (χ0v) is 40.1. The van der Waals surface area contributed by atoms with Gasteiger partial charge in [-0.05, 0) is 24.7 Å². The highest BCUT2D eigenvalue weighted by atomic mass is 16.7. The van der Waals surface area contributed by atoms with Crippen LogP contribution in [0.15, 0.2) is 0 Å². The van der Waals surface area contributed by atoms with Crippen LogP contribution < -0.4 is 0 Å². The minimum Gasteiger partial charge on any atom is -0.462 e. The van der Waals surface area contributed by atoms with E-state index in [2.05, 4.69) is 27.7 Å². The molecular weight excluding hydrogens is 829 g/mol. The van der Waals surface area contributed by atoms with E-state index in [9.17, 15) is 45.3 Å². The van der Waals surface area contributed by atoms with Crippen molar-refractivity contribution >= 4 is 11.9 Å². The molecule has 0 aliphatic carbocycles. The molecule has 0 aromatic heterocycles. The summed E-state index contributed by atoms with van der Waals surface area (Å²) in [7, 11) is 0. The lowest BCUT2D eigenvalue weighted by atomic mass is 9.97. The van der Waals surface area contributed by atoms with Crippen molar-refractivity contribution in [2.45, 2.75) is 262 Å². The standard InChI is InChI=1S/C49H92O15/c1-5-35(3)27-23-19-15-11-7-9-13-17-21-25-29-40(52)59-33-37(61-41(53)30-26-22-18-14-10-8-12-16-20-24-28-36(4)6-2)34-60-48-46(58)47(43(55)39(32-51)62-48)64-49-45(57)44(56)42(54)38(31-50)63-49/h35-39,42-51,54-58H,5-34H2,1-4H3/t35?,36?,37?,38-,39-,42-,43-,44+,45-,46+,47+,48+,49-/m1/s1. The highest BCUT2D eigenvalue weighted by molar-refractivity contribution is 5.70. The summed E-state index contributed by atoms with van der Waals surface area (Å²) in [5.74, 6) is 0.707. The summed E-state index contributed by atoms with van der Waals surface area (Å²) in [6, 6.07) is 0. The molecular formula is C49H92O15. The van der Waals surface area contributed by atoms with E-state index in [4.69, 9.17) is 28.4 Å². The van der Waals surface area contributed by atoms with Crippen molar-refractivity contribution in [1.29, 1.82) is 0 Å². The molecule has 0 amide bonds. The van der Waals surface area contributed by atoms with Crippen molar-refractivity contribution in [2.24, 2.45) is 11.8 Å². The Balaban J connectivity index is 1.86. The molecule has 2 aliphatic heterocycles. The molecule has 2 rings (SSSR count). The predicted octanol–water partition coefficient (Wildman–Crippen LogP) is 6.54. The minimum atomic E-state index is -1.83. The van der Waals surface area contributed by atoms with Gasteiger partial charge < -0.3 is 64.2 Å². The Kier molecular flexibility index (Phi) is 32.6. The van der Waals surface area contributed by atoms with Crippen LogP contribution in [0, 0.1) is 11.8 Å². The van der Waals surface area contributed by atoms with E-state index in [0.29, 0.717) is 12.8 Å². The van der Waals surface area contributed by atoms with Gasteiger partial charge in [0, 0.05) is 12.8 Å².